The Bertz CT molecular complexity index is 701. The standard InChI is InChI=1S/C23H36O4/c1-14(2)19-21(26-7)16(13-18(25-6)22(19)27-8)12-17(24)20-15(3)10-9-11-23(20,4)5/h13-14,17,24H,9-12H2,1-8H3/t17-/m0/s1. The predicted octanol–water partition coefficient (Wildman–Crippen LogP) is 5.27. The van der Waals surface area contributed by atoms with Gasteiger partial charge in [0.2, 0.25) is 0 Å². The van der Waals surface area contributed by atoms with Crippen molar-refractivity contribution in [1.29, 1.82) is 0 Å². The van der Waals surface area contributed by atoms with E-state index in [2.05, 4.69) is 34.6 Å². The Kier molecular flexibility index (Phi) is 6.85. The van der Waals surface area contributed by atoms with Gasteiger partial charge in [-0.3, -0.25) is 0 Å². The van der Waals surface area contributed by atoms with Gasteiger partial charge in [-0.2, -0.15) is 0 Å². The first-order valence-electron chi connectivity index (χ1n) is 9.87. The van der Waals surface area contributed by atoms with Crippen LogP contribution >= 0.6 is 0 Å². The van der Waals surface area contributed by atoms with Gasteiger partial charge in [-0.15, -0.1) is 0 Å². The molecule has 0 radical (unpaired) electrons. The molecule has 1 aromatic rings. The summed E-state index contributed by atoms with van der Waals surface area (Å²) in [5.41, 5.74) is 4.45. The predicted molar refractivity (Wildman–Crippen MR) is 110 cm³/mol. The molecule has 0 spiro atoms. The maximum Gasteiger partial charge on any atom is 0.167 e. The number of aliphatic hydroxyl groups excluding tert-OH is 1. The van der Waals surface area contributed by atoms with Crippen molar-refractivity contribution in [3.8, 4) is 17.2 Å². The molecule has 0 aliphatic heterocycles. The summed E-state index contributed by atoms with van der Waals surface area (Å²) in [5, 5.41) is 11.2. The number of rotatable bonds is 7. The van der Waals surface area contributed by atoms with Gasteiger partial charge < -0.3 is 19.3 Å². The number of aliphatic hydroxyl groups is 1. The largest absolute Gasteiger partial charge is 0.496 e. The molecule has 2 rings (SSSR count). The molecular formula is C23H36O4. The highest BCUT2D eigenvalue weighted by molar-refractivity contribution is 5.59. The highest BCUT2D eigenvalue weighted by Crippen LogP contribution is 2.46. The molecule has 4 heteroatoms. The normalized spacial score (nSPS) is 17.9. The Balaban J connectivity index is 2.54. The second-order valence-corrected chi connectivity index (χ2v) is 8.52. The van der Waals surface area contributed by atoms with Gasteiger partial charge in [0.05, 0.1) is 27.4 Å². The van der Waals surface area contributed by atoms with Gasteiger partial charge in [0, 0.05) is 17.5 Å². The van der Waals surface area contributed by atoms with Crippen molar-refractivity contribution in [2.45, 2.75) is 72.3 Å². The Morgan fingerprint density at radius 3 is 2.19 bits per heavy atom. The van der Waals surface area contributed by atoms with E-state index in [1.165, 1.54) is 17.6 Å². The van der Waals surface area contributed by atoms with E-state index in [0.29, 0.717) is 17.9 Å². The van der Waals surface area contributed by atoms with E-state index >= 15 is 0 Å². The average Bonchev–Trinajstić information content (AvgIpc) is 2.59. The van der Waals surface area contributed by atoms with Gasteiger partial charge in [-0.05, 0) is 49.2 Å². The van der Waals surface area contributed by atoms with Crippen molar-refractivity contribution < 1.29 is 19.3 Å². The molecule has 4 nitrogen and oxygen atoms in total. The maximum absolute atomic E-state index is 11.2. The molecule has 1 atom stereocenters. The minimum atomic E-state index is -0.535. The molecule has 152 valence electrons. The molecule has 0 amide bonds. The summed E-state index contributed by atoms with van der Waals surface area (Å²) in [5.74, 6) is 2.37. The number of benzene rings is 1. The molecule has 0 bridgehead atoms. The lowest BCUT2D eigenvalue weighted by molar-refractivity contribution is 0.167. The van der Waals surface area contributed by atoms with Gasteiger partial charge in [0.15, 0.2) is 11.5 Å². The monoisotopic (exact) mass is 376 g/mol. The fourth-order valence-corrected chi connectivity index (χ4v) is 4.67. The minimum absolute atomic E-state index is 0.0203. The fourth-order valence-electron chi connectivity index (χ4n) is 4.67. The highest BCUT2D eigenvalue weighted by Gasteiger charge is 2.34. The molecule has 0 unspecified atom stereocenters. The first kappa shape index (κ1) is 21.6. The first-order valence-corrected chi connectivity index (χ1v) is 9.87. The molecule has 0 heterocycles. The van der Waals surface area contributed by atoms with Crippen molar-refractivity contribution in [2.75, 3.05) is 21.3 Å². The first-order chi connectivity index (χ1) is 12.7. The van der Waals surface area contributed by atoms with E-state index < -0.39 is 6.10 Å². The van der Waals surface area contributed by atoms with Crippen molar-refractivity contribution >= 4 is 0 Å². The molecule has 0 saturated carbocycles. The van der Waals surface area contributed by atoms with Crippen LogP contribution in [-0.2, 0) is 6.42 Å². The molecule has 1 aromatic carbocycles. The van der Waals surface area contributed by atoms with Crippen LogP contribution in [0.15, 0.2) is 17.2 Å². The number of allylic oxidation sites excluding steroid dienone is 1. The average molecular weight is 377 g/mol. The SMILES string of the molecule is COc1cc(C[C@H](O)C2=C(C)CCCC2(C)C)c(OC)c(C(C)C)c1OC. The van der Waals surface area contributed by atoms with Crippen LogP contribution in [0.4, 0.5) is 0 Å². The number of hydrogen-bond donors (Lipinski definition) is 1. The summed E-state index contributed by atoms with van der Waals surface area (Å²) < 4.78 is 17.0. The van der Waals surface area contributed by atoms with E-state index in [1.54, 1.807) is 21.3 Å². The number of ether oxygens (including phenoxy) is 3. The summed E-state index contributed by atoms with van der Waals surface area (Å²) in [7, 11) is 4.97. The molecule has 27 heavy (non-hydrogen) atoms. The van der Waals surface area contributed by atoms with Crippen molar-refractivity contribution in [1.82, 2.24) is 0 Å². The van der Waals surface area contributed by atoms with E-state index in [1.807, 2.05) is 6.07 Å². The van der Waals surface area contributed by atoms with Crippen LogP contribution in [0.2, 0.25) is 0 Å². The molecule has 0 aromatic heterocycles. The molecule has 1 N–H and O–H groups in total. The van der Waals surface area contributed by atoms with Gasteiger partial charge in [0.25, 0.3) is 0 Å². The van der Waals surface area contributed by atoms with E-state index in [4.69, 9.17) is 14.2 Å². The zero-order valence-corrected chi connectivity index (χ0v) is 18.2. The molecular weight excluding hydrogens is 340 g/mol. The number of methoxy groups -OCH3 is 3. The van der Waals surface area contributed by atoms with E-state index in [-0.39, 0.29) is 11.3 Å². The second kappa shape index (κ2) is 8.55. The van der Waals surface area contributed by atoms with Gasteiger partial charge in [-0.1, -0.05) is 33.3 Å². The lowest BCUT2D eigenvalue weighted by Crippen LogP contribution is -2.30. The summed E-state index contributed by atoms with van der Waals surface area (Å²) in [6.45, 7) is 10.8. The van der Waals surface area contributed by atoms with Crippen LogP contribution in [-0.4, -0.2) is 32.5 Å². The Hall–Kier alpha value is -1.68. The van der Waals surface area contributed by atoms with Crippen molar-refractivity contribution in [3.63, 3.8) is 0 Å². The highest BCUT2D eigenvalue weighted by atomic mass is 16.5. The smallest absolute Gasteiger partial charge is 0.167 e. The third-order valence-corrected chi connectivity index (χ3v) is 5.80. The summed E-state index contributed by atoms with van der Waals surface area (Å²) in [4.78, 5) is 0. The van der Waals surface area contributed by atoms with Crippen LogP contribution < -0.4 is 14.2 Å². The third kappa shape index (κ3) is 4.26. The Labute approximate surface area is 164 Å². The zero-order valence-electron chi connectivity index (χ0n) is 18.2. The molecule has 0 fully saturated rings. The molecule has 0 saturated heterocycles. The quantitative estimate of drug-likeness (QED) is 0.659. The van der Waals surface area contributed by atoms with Crippen molar-refractivity contribution in [2.24, 2.45) is 5.41 Å². The lowest BCUT2D eigenvalue weighted by atomic mass is 9.70. The van der Waals surface area contributed by atoms with Crippen LogP contribution in [0.25, 0.3) is 0 Å². The van der Waals surface area contributed by atoms with Crippen LogP contribution in [0.5, 0.6) is 17.2 Å². The maximum atomic E-state index is 11.2. The zero-order chi connectivity index (χ0) is 20.4. The van der Waals surface area contributed by atoms with Crippen LogP contribution in [0, 0.1) is 5.41 Å². The minimum Gasteiger partial charge on any atom is -0.496 e. The summed E-state index contributed by atoms with van der Waals surface area (Å²) in [6.07, 6.45) is 3.32. The van der Waals surface area contributed by atoms with Crippen LogP contribution in [0.3, 0.4) is 0 Å². The summed E-state index contributed by atoms with van der Waals surface area (Å²) >= 11 is 0. The van der Waals surface area contributed by atoms with Gasteiger partial charge in [-0.25, -0.2) is 0 Å². The second-order valence-electron chi connectivity index (χ2n) is 8.52. The Morgan fingerprint density at radius 2 is 1.70 bits per heavy atom. The third-order valence-electron chi connectivity index (χ3n) is 5.80. The van der Waals surface area contributed by atoms with Gasteiger partial charge >= 0.3 is 0 Å². The topological polar surface area (TPSA) is 47.9 Å². The van der Waals surface area contributed by atoms with E-state index in [0.717, 1.165) is 29.7 Å². The van der Waals surface area contributed by atoms with Crippen molar-refractivity contribution in [3.05, 3.63) is 28.3 Å². The molecule has 1 aliphatic rings. The Morgan fingerprint density at radius 1 is 1.07 bits per heavy atom. The van der Waals surface area contributed by atoms with E-state index in [9.17, 15) is 5.11 Å². The molecule has 1 aliphatic carbocycles. The summed E-state index contributed by atoms with van der Waals surface area (Å²) in [6, 6.07) is 1.94. The fraction of sp³-hybridized carbons (Fsp3) is 0.652. The van der Waals surface area contributed by atoms with Crippen LogP contribution in [0.1, 0.15) is 70.9 Å². The number of hydrogen-bond acceptors (Lipinski definition) is 4. The van der Waals surface area contributed by atoms with Gasteiger partial charge in [0.1, 0.15) is 5.75 Å². The lowest BCUT2D eigenvalue weighted by Gasteiger charge is -2.37.